The van der Waals surface area contributed by atoms with Gasteiger partial charge in [-0.15, -0.1) is 0 Å². The van der Waals surface area contributed by atoms with Gasteiger partial charge in [-0.05, 0) is 31.0 Å². The van der Waals surface area contributed by atoms with Crippen molar-refractivity contribution in [1.82, 2.24) is 0 Å². The fraction of sp³-hybridized carbons (Fsp3) is 0.364. The predicted octanol–water partition coefficient (Wildman–Crippen LogP) is 2.10. The second kappa shape index (κ2) is 3.22. The highest BCUT2D eigenvalue weighted by Gasteiger charge is 2.20. The quantitative estimate of drug-likeness (QED) is 0.679. The first-order chi connectivity index (χ1) is 6.74. The fourth-order valence-electron chi connectivity index (χ4n) is 1.64. The van der Waals surface area contributed by atoms with Gasteiger partial charge in [0.05, 0.1) is 12.5 Å². The van der Waals surface area contributed by atoms with E-state index in [-0.39, 0.29) is 6.79 Å². The summed E-state index contributed by atoms with van der Waals surface area (Å²) in [5.74, 6) is 1.51. The van der Waals surface area contributed by atoms with Crippen molar-refractivity contribution in [3.8, 4) is 17.6 Å². The first-order valence-electron chi connectivity index (χ1n) is 4.49. The molecule has 1 aliphatic heterocycles. The van der Waals surface area contributed by atoms with Crippen molar-refractivity contribution >= 4 is 0 Å². The zero-order valence-corrected chi connectivity index (χ0v) is 8.26. The van der Waals surface area contributed by atoms with Crippen LogP contribution in [0.5, 0.6) is 11.5 Å². The Morgan fingerprint density at radius 3 is 2.93 bits per heavy atom. The van der Waals surface area contributed by atoms with E-state index in [2.05, 4.69) is 6.07 Å². The van der Waals surface area contributed by atoms with Crippen molar-refractivity contribution < 1.29 is 9.47 Å². The Labute approximate surface area is 82.9 Å². The molecule has 0 radical (unpaired) electrons. The molecule has 14 heavy (non-hydrogen) atoms. The topological polar surface area (TPSA) is 42.2 Å². The zero-order chi connectivity index (χ0) is 10.1. The van der Waals surface area contributed by atoms with E-state index in [4.69, 9.17) is 14.7 Å². The Bertz CT molecular complexity index is 418. The maximum atomic E-state index is 8.72. The normalized spacial score (nSPS) is 12.6. The lowest BCUT2D eigenvalue weighted by Crippen LogP contribution is -1.96. The second-order valence-corrected chi connectivity index (χ2v) is 3.37. The molecule has 1 aliphatic rings. The zero-order valence-electron chi connectivity index (χ0n) is 8.26. The van der Waals surface area contributed by atoms with E-state index in [1.165, 1.54) is 0 Å². The Balaban J connectivity index is 2.61. The van der Waals surface area contributed by atoms with E-state index < -0.39 is 0 Å². The molecule has 72 valence electrons. The monoisotopic (exact) mass is 189 g/mol. The summed E-state index contributed by atoms with van der Waals surface area (Å²) in [6, 6.07) is 4.10. The van der Waals surface area contributed by atoms with E-state index in [1.54, 1.807) is 0 Å². The van der Waals surface area contributed by atoms with Gasteiger partial charge in [0.15, 0.2) is 11.5 Å². The Hall–Kier alpha value is -1.69. The standard InChI is InChI=1S/C11H11NO2/c1-7-5-10-11(14-6-13-10)9(3-4-12)8(7)2/h5H,3,6H2,1-2H3. The van der Waals surface area contributed by atoms with Gasteiger partial charge in [0.25, 0.3) is 0 Å². The third-order valence-electron chi connectivity index (χ3n) is 2.56. The molecule has 0 saturated carbocycles. The number of ether oxygens (including phenoxy) is 2. The number of nitrogens with zero attached hydrogens (tertiary/aromatic N) is 1. The molecule has 0 aliphatic carbocycles. The van der Waals surface area contributed by atoms with Crippen LogP contribution in [-0.2, 0) is 6.42 Å². The fourth-order valence-corrected chi connectivity index (χ4v) is 1.64. The summed E-state index contributed by atoms with van der Waals surface area (Å²) < 4.78 is 10.6. The molecule has 3 nitrogen and oxygen atoms in total. The maximum absolute atomic E-state index is 8.72. The molecule has 0 unspecified atom stereocenters. The van der Waals surface area contributed by atoms with E-state index >= 15 is 0 Å². The summed E-state index contributed by atoms with van der Waals surface area (Å²) in [5, 5.41) is 8.72. The molecule has 3 heteroatoms. The summed E-state index contributed by atoms with van der Waals surface area (Å²) in [6.07, 6.45) is 0.374. The van der Waals surface area contributed by atoms with Crippen molar-refractivity contribution in [3.05, 3.63) is 22.8 Å². The van der Waals surface area contributed by atoms with Crippen LogP contribution in [-0.4, -0.2) is 6.79 Å². The number of benzene rings is 1. The number of hydrogen-bond acceptors (Lipinski definition) is 3. The average molecular weight is 189 g/mol. The molecule has 1 aromatic rings. The smallest absolute Gasteiger partial charge is 0.231 e. The van der Waals surface area contributed by atoms with Gasteiger partial charge in [-0.3, -0.25) is 0 Å². The summed E-state index contributed by atoms with van der Waals surface area (Å²) in [6.45, 7) is 4.28. The predicted molar refractivity (Wildman–Crippen MR) is 51.4 cm³/mol. The third kappa shape index (κ3) is 1.20. The molecule has 0 N–H and O–H groups in total. The molecule has 0 aromatic heterocycles. The molecule has 0 fully saturated rings. The van der Waals surface area contributed by atoms with Crippen molar-refractivity contribution in [3.63, 3.8) is 0 Å². The van der Waals surface area contributed by atoms with Crippen LogP contribution >= 0.6 is 0 Å². The van der Waals surface area contributed by atoms with Crippen molar-refractivity contribution in [2.75, 3.05) is 6.79 Å². The number of rotatable bonds is 1. The minimum Gasteiger partial charge on any atom is -0.454 e. The number of hydrogen-bond donors (Lipinski definition) is 0. The molecule has 0 bridgehead atoms. The molecular weight excluding hydrogens is 178 g/mol. The van der Waals surface area contributed by atoms with Gasteiger partial charge in [-0.1, -0.05) is 0 Å². The molecule has 0 atom stereocenters. The Morgan fingerprint density at radius 2 is 2.21 bits per heavy atom. The largest absolute Gasteiger partial charge is 0.454 e. The molecule has 2 rings (SSSR count). The van der Waals surface area contributed by atoms with E-state index in [9.17, 15) is 0 Å². The average Bonchev–Trinajstić information content (AvgIpc) is 2.60. The van der Waals surface area contributed by atoms with Crippen LogP contribution in [0.2, 0.25) is 0 Å². The van der Waals surface area contributed by atoms with Gasteiger partial charge >= 0.3 is 0 Å². The van der Waals surface area contributed by atoms with Gasteiger partial charge in [0.1, 0.15) is 0 Å². The molecule has 1 heterocycles. The van der Waals surface area contributed by atoms with Gasteiger partial charge in [-0.2, -0.15) is 5.26 Å². The molecular formula is C11H11NO2. The lowest BCUT2D eigenvalue weighted by Gasteiger charge is -2.08. The lowest BCUT2D eigenvalue weighted by molar-refractivity contribution is 0.173. The molecule has 0 spiro atoms. The van der Waals surface area contributed by atoms with Crippen LogP contribution in [0.4, 0.5) is 0 Å². The Morgan fingerprint density at radius 1 is 1.43 bits per heavy atom. The van der Waals surface area contributed by atoms with Crippen molar-refractivity contribution in [2.45, 2.75) is 20.3 Å². The first-order valence-corrected chi connectivity index (χ1v) is 4.49. The van der Waals surface area contributed by atoms with Crippen molar-refractivity contribution in [1.29, 1.82) is 5.26 Å². The van der Waals surface area contributed by atoms with Crippen LogP contribution in [0.1, 0.15) is 16.7 Å². The van der Waals surface area contributed by atoms with Crippen LogP contribution in [0.15, 0.2) is 6.07 Å². The summed E-state index contributed by atoms with van der Waals surface area (Å²) in [5.41, 5.74) is 3.22. The molecule has 0 saturated heterocycles. The van der Waals surface area contributed by atoms with E-state index in [1.807, 2.05) is 19.9 Å². The maximum Gasteiger partial charge on any atom is 0.231 e. The highest BCUT2D eigenvalue weighted by atomic mass is 16.7. The second-order valence-electron chi connectivity index (χ2n) is 3.37. The van der Waals surface area contributed by atoms with Gasteiger partial charge in [0.2, 0.25) is 6.79 Å². The van der Waals surface area contributed by atoms with Gasteiger partial charge in [-0.25, -0.2) is 0 Å². The first kappa shape index (κ1) is 8.89. The molecule has 0 amide bonds. The SMILES string of the molecule is Cc1cc2c(c(CC#N)c1C)OCO2. The summed E-state index contributed by atoms with van der Waals surface area (Å²) in [4.78, 5) is 0. The highest BCUT2D eigenvalue weighted by molar-refractivity contribution is 5.55. The van der Waals surface area contributed by atoms with E-state index in [0.717, 1.165) is 28.2 Å². The molecule has 1 aromatic carbocycles. The summed E-state index contributed by atoms with van der Waals surface area (Å²) in [7, 11) is 0. The van der Waals surface area contributed by atoms with Gasteiger partial charge in [0, 0.05) is 5.56 Å². The van der Waals surface area contributed by atoms with E-state index in [0.29, 0.717) is 6.42 Å². The van der Waals surface area contributed by atoms with Gasteiger partial charge < -0.3 is 9.47 Å². The van der Waals surface area contributed by atoms with Crippen LogP contribution in [0, 0.1) is 25.2 Å². The highest BCUT2D eigenvalue weighted by Crippen LogP contribution is 2.39. The third-order valence-corrected chi connectivity index (χ3v) is 2.56. The minimum absolute atomic E-state index is 0.261. The number of aryl methyl sites for hydroxylation is 1. The van der Waals surface area contributed by atoms with Crippen molar-refractivity contribution in [2.24, 2.45) is 0 Å². The summed E-state index contributed by atoms with van der Waals surface area (Å²) >= 11 is 0. The lowest BCUT2D eigenvalue weighted by atomic mass is 9.99. The van der Waals surface area contributed by atoms with Crippen LogP contribution < -0.4 is 9.47 Å². The minimum atomic E-state index is 0.261. The van der Waals surface area contributed by atoms with Crippen LogP contribution in [0.25, 0.3) is 0 Å². The Kier molecular flexibility index (Phi) is 2.05. The number of fused-ring (bicyclic) bond motifs is 1. The number of nitriles is 1. The van der Waals surface area contributed by atoms with Crippen LogP contribution in [0.3, 0.4) is 0 Å².